The first-order chi connectivity index (χ1) is 6.91. The van der Waals surface area contributed by atoms with Crippen molar-refractivity contribution < 1.29 is 23.8 Å². The number of aliphatic hydroxyl groups excluding tert-OH is 1. The summed E-state index contributed by atoms with van der Waals surface area (Å²) in [6.45, 7) is 0. The Bertz CT molecular complexity index is 372. The zero-order chi connectivity index (χ0) is 11.6. The molecule has 0 aliphatic rings. The third-order valence-corrected chi connectivity index (χ3v) is 2.13. The van der Waals surface area contributed by atoms with Gasteiger partial charge in [0, 0.05) is 23.1 Å². The summed E-state index contributed by atoms with van der Waals surface area (Å²) in [5, 5.41) is 17.1. The van der Waals surface area contributed by atoms with E-state index in [0.717, 1.165) is 6.07 Å². The number of halogens is 3. The molecule has 0 amide bonds. The molecule has 1 aromatic carbocycles. The molecule has 0 radical (unpaired) electrons. The Balaban J connectivity index is 3.00. The molecule has 0 aromatic heterocycles. The summed E-state index contributed by atoms with van der Waals surface area (Å²) in [5.74, 6) is -3.32. The van der Waals surface area contributed by atoms with Crippen molar-refractivity contribution >= 4 is 17.6 Å². The van der Waals surface area contributed by atoms with Crippen LogP contribution >= 0.6 is 11.6 Å². The summed E-state index contributed by atoms with van der Waals surface area (Å²) in [4.78, 5) is 10.3. The summed E-state index contributed by atoms with van der Waals surface area (Å²) >= 11 is 5.50. The van der Waals surface area contributed by atoms with Crippen LogP contribution in [0.2, 0.25) is 5.02 Å². The van der Waals surface area contributed by atoms with Crippen LogP contribution in [0.5, 0.6) is 0 Å². The quantitative estimate of drug-likeness (QED) is 0.838. The highest BCUT2D eigenvalue weighted by atomic mass is 35.5. The highest BCUT2D eigenvalue weighted by molar-refractivity contribution is 6.31. The van der Waals surface area contributed by atoms with Crippen LogP contribution in [0.3, 0.4) is 0 Å². The van der Waals surface area contributed by atoms with Crippen molar-refractivity contribution in [3.05, 3.63) is 34.4 Å². The van der Waals surface area contributed by atoms with Crippen molar-refractivity contribution in [2.75, 3.05) is 0 Å². The van der Waals surface area contributed by atoms with Crippen LogP contribution < -0.4 is 0 Å². The first-order valence-corrected chi connectivity index (χ1v) is 4.34. The zero-order valence-electron chi connectivity index (χ0n) is 7.38. The molecule has 15 heavy (non-hydrogen) atoms. The van der Waals surface area contributed by atoms with Crippen molar-refractivity contribution in [3.8, 4) is 0 Å². The van der Waals surface area contributed by atoms with Crippen LogP contribution in [0.1, 0.15) is 5.56 Å². The molecule has 0 saturated carbocycles. The fraction of sp³-hybridized carbons (Fsp3) is 0.222. The molecule has 1 aromatic rings. The molecule has 0 bridgehead atoms. The molecule has 0 aliphatic carbocycles. The summed E-state index contributed by atoms with van der Waals surface area (Å²) in [6.07, 6.45) is -2.26. The standard InChI is InChI=1S/C9H7ClF2O3/c10-6-1-4(11)2-7(12)5(6)3-8(13)9(14)15/h1-2,8,13H,3H2,(H,14,15). The van der Waals surface area contributed by atoms with Gasteiger partial charge in [0.15, 0.2) is 6.10 Å². The number of carboxylic acid groups (broad SMARTS) is 1. The number of hydrogen-bond acceptors (Lipinski definition) is 2. The van der Waals surface area contributed by atoms with Gasteiger partial charge in [-0.25, -0.2) is 13.6 Å². The number of aliphatic hydroxyl groups is 1. The van der Waals surface area contributed by atoms with Crippen LogP contribution in [0.4, 0.5) is 8.78 Å². The van der Waals surface area contributed by atoms with Crippen molar-refractivity contribution in [2.45, 2.75) is 12.5 Å². The Labute approximate surface area is 88.9 Å². The lowest BCUT2D eigenvalue weighted by Gasteiger charge is -2.08. The van der Waals surface area contributed by atoms with E-state index in [4.69, 9.17) is 21.8 Å². The normalized spacial score (nSPS) is 12.5. The second-order valence-corrected chi connectivity index (χ2v) is 3.31. The first-order valence-electron chi connectivity index (χ1n) is 3.96. The van der Waals surface area contributed by atoms with Gasteiger partial charge in [0.2, 0.25) is 0 Å². The largest absolute Gasteiger partial charge is 0.479 e. The third kappa shape index (κ3) is 2.87. The number of aliphatic carboxylic acids is 1. The average molecular weight is 237 g/mol. The molecule has 0 heterocycles. The van der Waals surface area contributed by atoms with Gasteiger partial charge in [0.05, 0.1) is 0 Å². The van der Waals surface area contributed by atoms with Crippen LogP contribution in [-0.4, -0.2) is 22.3 Å². The number of carboxylic acids is 1. The summed E-state index contributed by atoms with van der Waals surface area (Å²) in [6, 6.07) is 1.43. The monoisotopic (exact) mass is 236 g/mol. The molecule has 1 atom stereocenters. The van der Waals surface area contributed by atoms with E-state index in [1.807, 2.05) is 0 Å². The van der Waals surface area contributed by atoms with Crippen molar-refractivity contribution in [3.63, 3.8) is 0 Å². The fourth-order valence-corrected chi connectivity index (χ4v) is 1.32. The Kier molecular flexibility index (Phi) is 3.60. The Morgan fingerprint density at radius 1 is 1.47 bits per heavy atom. The van der Waals surface area contributed by atoms with Crippen LogP contribution in [0.15, 0.2) is 12.1 Å². The summed E-state index contributed by atoms with van der Waals surface area (Å²) < 4.78 is 25.7. The van der Waals surface area contributed by atoms with E-state index < -0.39 is 30.1 Å². The number of hydrogen-bond donors (Lipinski definition) is 2. The lowest BCUT2D eigenvalue weighted by atomic mass is 10.1. The van der Waals surface area contributed by atoms with E-state index >= 15 is 0 Å². The van der Waals surface area contributed by atoms with Crippen molar-refractivity contribution in [2.24, 2.45) is 0 Å². The fourth-order valence-electron chi connectivity index (χ4n) is 1.05. The van der Waals surface area contributed by atoms with Crippen LogP contribution in [0, 0.1) is 11.6 Å². The van der Waals surface area contributed by atoms with Gasteiger partial charge >= 0.3 is 5.97 Å². The van der Waals surface area contributed by atoms with E-state index in [0.29, 0.717) is 6.07 Å². The molecular formula is C9H7ClF2O3. The van der Waals surface area contributed by atoms with Crippen molar-refractivity contribution in [1.29, 1.82) is 0 Å². The predicted octanol–water partition coefficient (Wildman–Crippen LogP) is 1.61. The number of carbonyl (C=O) groups is 1. The van der Waals surface area contributed by atoms with Gasteiger partial charge in [0.1, 0.15) is 11.6 Å². The van der Waals surface area contributed by atoms with Gasteiger partial charge in [0.25, 0.3) is 0 Å². The molecule has 0 aliphatic heterocycles. The first kappa shape index (κ1) is 11.9. The van der Waals surface area contributed by atoms with E-state index in [9.17, 15) is 13.6 Å². The van der Waals surface area contributed by atoms with Gasteiger partial charge in [-0.05, 0) is 6.07 Å². The second kappa shape index (κ2) is 4.55. The lowest BCUT2D eigenvalue weighted by molar-refractivity contribution is -0.146. The molecule has 0 saturated heterocycles. The van der Waals surface area contributed by atoms with Crippen LogP contribution in [0.25, 0.3) is 0 Å². The molecule has 6 heteroatoms. The van der Waals surface area contributed by atoms with Gasteiger partial charge in [-0.3, -0.25) is 0 Å². The molecule has 2 N–H and O–H groups in total. The second-order valence-electron chi connectivity index (χ2n) is 2.91. The zero-order valence-corrected chi connectivity index (χ0v) is 8.13. The third-order valence-electron chi connectivity index (χ3n) is 1.79. The van der Waals surface area contributed by atoms with Gasteiger partial charge in [-0.15, -0.1) is 0 Å². The highest BCUT2D eigenvalue weighted by Gasteiger charge is 2.19. The smallest absolute Gasteiger partial charge is 0.332 e. The average Bonchev–Trinajstić information content (AvgIpc) is 2.10. The minimum absolute atomic E-state index is 0.215. The maximum absolute atomic E-state index is 13.1. The Morgan fingerprint density at radius 3 is 2.53 bits per heavy atom. The van der Waals surface area contributed by atoms with Crippen molar-refractivity contribution in [1.82, 2.24) is 0 Å². The summed E-state index contributed by atoms with van der Waals surface area (Å²) in [7, 11) is 0. The molecular weight excluding hydrogens is 230 g/mol. The topological polar surface area (TPSA) is 57.5 Å². The van der Waals surface area contributed by atoms with E-state index in [-0.39, 0.29) is 10.6 Å². The number of benzene rings is 1. The van der Waals surface area contributed by atoms with Crippen LogP contribution in [-0.2, 0) is 11.2 Å². The van der Waals surface area contributed by atoms with E-state index in [2.05, 4.69) is 0 Å². The molecule has 1 rings (SSSR count). The SMILES string of the molecule is O=C(O)C(O)Cc1c(F)cc(F)cc1Cl. The van der Waals surface area contributed by atoms with E-state index in [1.165, 1.54) is 0 Å². The van der Waals surface area contributed by atoms with Gasteiger partial charge < -0.3 is 10.2 Å². The summed E-state index contributed by atoms with van der Waals surface area (Å²) in [5.41, 5.74) is -0.215. The lowest BCUT2D eigenvalue weighted by Crippen LogP contribution is -2.22. The molecule has 0 fully saturated rings. The molecule has 82 valence electrons. The maximum atomic E-state index is 13.1. The molecule has 0 spiro atoms. The maximum Gasteiger partial charge on any atom is 0.332 e. The Hall–Kier alpha value is -1.20. The van der Waals surface area contributed by atoms with Gasteiger partial charge in [-0.1, -0.05) is 11.6 Å². The van der Waals surface area contributed by atoms with Gasteiger partial charge in [-0.2, -0.15) is 0 Å². The Morgan fingerprint density at radius 2 is 2.07 bits per heavy atom. The predicted molar refractivity (Wildman–Crippen MR) is 48.7 cm³/mol. The van der Waals surface area contributed by atoms with E-state index in [1.54, 1.807) is 0 Å². The molecule has 1 unspecified atom stereocenters. The number of rotatable bonds is 3. The highest BCUT2D eigenvalue weighted by Crippen LogP contribution is 2.22. The molecule has 3 nitrogen and oxygen atoms in total. The minimum Gasteiger partial charge on any atom is -0.479 e. The minimum atomic E-state index is -1.76.